The number of ether oxygens (including phenoxy) is 1. The molecule has 0 heterocycles. The first-order valence-electron chi connectivity index (χ1n) is 7.77. The Kier molecular flexibility index (Phi) is 8.51. The summed E-state index contributed by atoms with van der Waals surface area (Å²) in [6, 6.07) is 6.83. The van der Waals surface area contributed by atoms with E-state index in [4.69, 9.17) is 14.5 Å². The smallest absolute Gasteiger partial charge is 0.373 e. The molecule has 4 heteroatoms. The summed E-state index contributed by atoms with van der Waals surface area (Å²) in [7, 11) is 0. The van der Waals surface area contributed by atoms with Crippen LogP contribution in [0.15, 0.2) is 24.3 Å². The Morgan fingerprint density at radius 3 is 2.43 bits per heavy atom. The molecule has 0 aromatic heterocycles. The van der Waals surface area contributed by atoms with E-state index in [-0.39, 0.29) is 6.10 Å². The molecule has 0 amide bonds. The molecule has 118 valence electrons. The van der Waals surface area contributed by atoms with Crippen LogP contribution in [-0.4, -0.2) is 18.7 Å². The van der Waals surface area contributed by atoms with Crippen LogP contribution < -0.4 is 4.74 Å². The fourth-order valence-corrected chi connectivity index (χ4v) is 1.93. The van der Waals surface area contributed by atoms with E-state index in [1.165, 1.54) is 19.3 Å². The van der Waals surface area contributed by atoms with E-state index in [1.807, 2.05) is 13.8 Å². The molecule has 0 fully saturated rings. The minimum atomic E-state index is -0.474. The highest BCUT2D eigenvalue weighted by Crippen LogP contribution is 2.14. The molecule has 0 N–H and O–H groups in total. The van der Waals surface area contributed by atoms with Gasteiger partial charge in [-0.25, -0.2) is 4.79 Å². The standard InChI is InChI=1S/C17H26O4/c1-4-6-7-8-9-14(3)20-21-17(18)15-10-12-16(13-11-15)19-5-2/h10-14H,4-9H2,1-3H3. The van der Waals surface area contributed by atoms with Crippen LogP contribution in [0.5, 0.6) is 5.75 Å². The van der Waals surface area contributed by atoms with Gasteiger partial charge >= 0.3 is 5.97 Å². The SMILES string of the molecule is CCCCCCC(C)OOC(=O)c1ccc(OCC)cc1. The van der Waals surface area contributed by atoms with Crippen molar-refractivity contribution in [3.05, 3.63) is 29.8 Å². The molecule has 1 rings (SSSR count). The van der Waals surface area contributed by atoms with Crippen LogP contribution in [0.1, 0.15) is 63.2 Å². The van der Waals surface area contributed by atoms with E-state index in [2.05, 4.69) is 6.92 Å². The zero-order chi connectivity index (χ0) is 15.5. The lowest BCUT2D eigenvalue weighted by Crippen LogP contribution is -2.13. The number of hydrogen-bond acceptors (Lipinski definition) is 4. The molecule has 0 radical (unpaired) electrons. The van der Waals surface area contributed by atoms with Gasteiger partial charge in [0, 0.05) is 0 Å². The summed E-state index contributed by atoms with van der Waals surface area (Å²) in [4.78, 5) is 21.8. The second-order valence-corrected chi connectivity index (χ2v) is 5.08. The van der Waals surface area contributed by atoms with E-state index in [0.29, 0.717) is 12.2 Å². The monoisotopic (exact) mass is 294 g/mol. The summed E-state index contributed by atoms with van der Waals surface area (Å²) in [5.74, 6) is 0.262. The molecule has 0 aliphatic heterocycles. The van der Waals surface area contributed by atoms with Crippen LogP contribution in [0.2, 0.25) is 0 Å². The van der Waals surface area contributed by atoms with Gasteiger partial charge in [0.2, 0.25) is 0 Å². The third-order valence-corrected chi connectivity index (χ3v) is 3.15. The summed E-state index contributed by atoms with van der Waals surface area (Å²) in [5.41, 5.74) is 0.455. The highest BCUT2D eigenvalue weighted by Gasteiger charge is 2.11. The van der Waals surface area contributed by atoms with E-state index >= 15 is 0 Å². The Hall–Kier alpha value is -1.55. The van der Waals surface area contributed by atoms with Crippen LogP contribution in [0.4, 0.5) is 0 Å². The van der Waals surface area contributed by atoms with Gasteiger partial charge in [0.1, 0.15) is 11.9 Å². The molecule has 0 spiro atoms. The summed E-state index contributed by atoms with van der Waals surface area (Å²) in [6.07, 6.45) is 5.55. The van der Waals surface area contributed by atoms with Crippen molar-refractivity contribution in [1.29, 1.82) is 0 Å². The summed E-state index contributed by atoms with van der Waals surface area (Å²) in [5, 5.41) is 0. The zero-order valence-corrected chi connectivity index (χ0v) is 13.3. The second kappa shape index (κ2) is 10.2. The lowest BCUT2D eigenvalue weighted by atomic mass is 10.1. The quantitative estimate of drug-likeness (QED) is 0.361. The van der Waals surface area contributed by atoms with Crippen molar-refractivity contribution in [1.82, 2.24) is 0 Å². The molecule has 0 aliphatic carbocycles. The molecule has 1 aromatic rings. The van der Waals surface area contributed by atoms with Gasteiger partial charge in [-0.15, -0.1) is 0 Å². The average molecular weight is 294 g/mol. The van der Waals surface area contributed by atoms with Gasteiger partial charge in [-0.05, 0) is 44.5 Å². The van der Waals surface area contributed by atoms with E-state index < -0.39 is 5.97 Å². The third-order valence-electron chi connectivity index (χ3n) is 3.15. The average Bonchev–Trinajstić information content (AvgIpc) is 2.50. The van der Waals surface area contributed by atoms with Crippen molar-refractivity contribution >= 4 is 5.97 Å². The number of benzene rings is 1. The Morgan fingerprint density at radius 2 is 1.81 bits per heavy atom. The van der Waals surface area contributed by atoms with Crippen molar-refractivity contribution in [2.45, 2.75) is 59.0 Å². The van der Waals surface area contributed by atoms with Gasteiger partial charge in [0.15, 0.2) is 0 Å². The second-order valence-electron chi connectivity index (χ2n) is 5.08. The maximum atomic E-state index is 11.8. The molecule has 0 aliphatic rings. The summed E-state index contributed by atoms with van der Waals surface area (Å²) >= 11 is 0. The molecule has 1 atom stereocenters. The highest BCUT2D eigenvalue weighted by molar-refractivity contribution is 5.89. The first kappa shape index (κ1) is 17.5. The van der Waals surface area contributed by atoms with Crippen LogP contribution in [0.3, 0.4) is 0 Å². The maximum Gasteiger partial charge on any atom is 0.373 e. The van der Waals surface area contributed by atoms with Crippen molar-refractivity contribution < 1.29 is 19.3 Å². The van der Waals surface area contributed by atoms with Gasteiger partial charge in [-0.2, -0.15) is 4.89 Å². The fraction of sp³-hybridized carbons (Fsp3) is 0.588. The Labute approximate surface area is 127 Å². The lowest BCUT2D eigenvalue weighted by Gasteiger charge is -2.11. The number of rotatable bonds is 10. The largest absolute Gasteiger partial charge is 0.494 e. The summed E-state index contributed by atoms with van der Waals surface area (Å²) in [6.45, 7) is 6.61. The topological polar surface area (TPSA) is 44.8 Å². The van der Waals surface area contributed by atoms with Crippen molar-refractivity contribution in [3.63, 3.8) is 0 Å². The number of carbonyl (C=O) groups excluding carboxylic acids is 1. The maximum absolute atomic E-state index is 11.8. The molecule has 1 unspecified atom stereocenters. The first-order chi connectivity index (χ1) is 10.2. The van der Waals surface area contributed by atoms with Crippen LogP contribution in [0.25, 0.3) is 0 Å². The van der Waals surface area contributed by atoms with Crippen molar-refractivity contribution in [2.75, 3.05) is 6.61 Å². The van der Waals surface area contributed by atoms with Gasteiger partial charge in [0.25, 0.3) is 0 Å². The van der Waals surface area contributed by atoms with Crippen molar-refractivity contribution in [3.8, 4) is 5.75 Å². The van der Waals surface area contributed by atoms with Gasteiger partial charge in [-0.1, -0.05) is 32.6 Å². The predicted molar refractivity (Wildman–Crippen MR) is 82.3 cm³/mol. The normalized spacial score (nSPS) is 12.0. The van der Waals surface area contributed by atoms with Gasteiger partial charge in [0.05, 0.1) is 12.2 Å². The number of hydrogen-bond donors (Lipinski definition) is 0. The van der Waals surface area contributed by atoms with E-state index in [9.17, 15) is 4.79 Å². The van der Waals surface area contributed by atoms with Crippen LogP contribution >= 0.6 is 0 Å². The molecular weight excluding hydrogens is 268 g/mol. The summed E-state index contributed by atoms with van der Waals surface area (Å²) < 4.78 is 5.32. The molecule has 0 bridgehead atoms. The fourth-order valence-electron chi connectivity index (χ4n) is 1.93. The minimum Gasteiger partial charge on any atom is -0.494 e. The molecule has 21 heavy (non-hydrogen) atoms. The highest BCUT2D eigenvalue weighted by atomic mass is 17.2. The predicted octanol–water partition coefficient (Wildman–Crippen LogP) is 4.53. The molecule has 1 aromatic carbocycles. The Balaban J connectivity index is 2.29. The number of unbranched alkanes of at least 4 members (excludes halogenated alkanes) is 3. The molecule has 0 saturated carbocycles. The van der Waals surface area contributed by atoms with Gasteiger partial charge < -0.3 is 4.74 Å². The Morgan fingerprint density at radius 1 is 1.10 bits per heavy atom. The van der Waals surface area contributed by atoms with Gasteiger partial charge in [-0.3, -0.25) is 4.89 Å². The van der Waals surface area contributed by atoms with Crippen molar-refractivity contribution in [2.24, 2.45) is 0 Å². The molecular formula is C17H26O4. The lowest BCUT2D eigenvalue weighted by molar-refractivity contribution is -0.271. The van der Waals surface area contributed by atoms with E-state index in [1.54, 1.807) is 24.3 Å². The Bertz CT molecular complexity index is 400. The van der Waals surface area contributed by atoms with Crippen LogP contribution in [-0.2, 0) is 9.78 Å². The van der Waals surface area contributed by atoms with Crippen LogP contribution in [0, 0.1) is 0 Å². The zero-order valence-electron chi connectivity index (χ0n) is 13.3. The first-order valence-corrected chi connectivity index (χ1v) is 7.77. The van der Waals surface area contributed by atoms with E-state index in [0.717, 1.165) is 18.6 Å². The minimum absolute atomic E-state index is 0.0755. The third kappa shape index (κ3) is 7.14. The number of carbonyl (C=O) groups is 1. The molecule has 0 saturated heterocycles. The molecule has 4 nitrogen and oxygen atoms in total.